The fourth-order valence-corrected chi connectivity index (χ4v) is 4.23. The van der Waals surface area contributed by atoms with E-state index in [0.29, 0.717) is 0 Å². The summed E-state index contributed by atoms with van der Waals surface area (Å²) in [6, 6.07) is 7.24. The summed E-state index contributed by atoms with van der Waals surface area (Å²) in [6.45, 7) is -0.142. The van der Waals surface area contributed by atoms with Crippen LogP contribution in [0.3, 0.4) is 0 Å². The molecule has 0 unspecified atom stereocenters. The van der Waals surface area contributed by atoms with Crippen LogP contribution in [0, 0.1) is 5.82 Å². The molecule has 0 fully saturated rings. The quantitative estimate of drug-likeness (QED) is 0.668. The van der Waals surface area contributed by atoms with Gasteiger partial charge in [-0.2, -0.15) is 0 Å². The Labute approximate surface area is 164 Å². The number of carboxylic acids is 1. The lowest BCUT2D eigenvalue weighted by molar-refractivity contribution is -0.137. The number of hydrogen-bond acceptors (Lipinski definition) is 3. The van der Waals surface area contributed by atoms with Crippen LogP contribution in [0.4, 0.5) is 10.1 Å². The van der Waals surface area contributed by atoms with Crippen LogP contribution in [0.25, 0.3) is 0 Å². The van der Waals surface area contributed by atoms with Crippen molar-refractivity contribution in [2.24, 2.45) is 0 Å². The normalized spacial score (nSPS) is 11.4. The first-order valence-corrected chi connectivity index (χ1v) is 9.85. The molecular weight excluding hydrogens is 428 g/mol. The van der Waals surface area contributed by atoms with Gasteiger partial charge < -0.3 is 5.11 Å². The van der Waals surface area contributed by atoms with Crippen LogP contribution in [0.1, 0.15) is 12.8 Å². The van der Waals surface area contributed by atoms with E-state index in [0.717, 1.165) is 16.4 Å². The molecule has 0 radical (unpaired) electrons. The predicted octanol–water partition coefficient (Wildman–Crippen LogP) is 4.85. The fourth-order valence-electron chi connectivity index (χ4n) is 2.17. The molecule has 0 atom stereocenters. The van der Waals surface area contributed by atoms with E-state index in [9.17, 15) is 17.6 Å². The lowest BCUT2D eigenvalue weighted by Crippen LogP contribution is -2.32. The first kappa shape index (κ1) is 20.8. The molecule has 0 aromatic heterocycles. The summed E-state index contributed by atoms with van der Waals surface area (Å²) in [6.07, 6.45) is -0.187. The van der Waals surface area contributed by atoms with E-state index in [4.69, 9.17) is 39.9 Å². The molecule has 1 N–H and O–H groups in total. The summed E-state index contributed by atoms with van der Waals surface area (Å²) in [5.74, 6) is -1.76. The number of aliphatic carboxylic acids is 1. The standard InChI is InChI=1S/C16H13Cl3FNO4S/c17-12-5-4-11(9-13(12)18)26(24,25)21(7-1-2-16(22)23)10-3-6-15(20)14(19)8-10/h3-6,8-9H,1-2,7H2,(H,22,23). The van der Waals surface area contributed by atoms with Crippen molar-refractivity contribution >= 4 is 56.5 Å². The maximum Gasteiger partial charge on any atom is 0.303 e. The Morgan fingerprint density at radius 1 is 1.04 bits per heavy atom. The number of nitrogens with zero attached hydrogens (tertiary/aromatic N) is 1. The van der Waals surface area contributed by atoms with E-state index in [-0.39, 0.29) is 45.0 Å². The molecule has 0 saturated carbocycles. The molecular formula is C16H13Cl3FNO4S. The molecule has 0 heterocycles. The van der Waals surface area contributed by atoms with Gasteiger partial charge in [-0.3, -0.25) is 9.10 Å². The van der Waals surface area contributed by atoms with Crippen molar-refractivity contribution in [3.8, 4) is 0 Å². The molecule has 0 aliphatic carbocycles. The molecule has 2 aromatic rings. The lowest BCUT2D eigenvalue weighted by atomic mass is 10.2. The molecule has 0 aliphatic rings. The SMILES string of the molecule is O=C(O)CCCN(c1ccc(F)c(Cl)c1)S(=O)(=O)c1ccc(Cl)c(Cl)c1. The smallest absolute Gasteiger partial charge is 0.303 e. The summed E-state index contributed by atoms with van der Waals surface area (Å²) in [7, 11) is -4.10. The minimum atomic E-state index is -4.10. The van der Waals surface area contributed by atoms with E-state index in [2.05, 4.69) is 0 Å². The molecule has 0 aliphatic heterocycles. The van der Waals surface area contributed by atoms with Crippen LogP contribution in [0.2, 0.25) is 15.1 Å². The highest BCUT2D eigenvalue weighted by molar-refractivity contribution is 7.92. The van der Waals surface area contributed by atoms with Gasteiger partial charge in [0.05, 0.1) is 25.7 Å². The van der Waals surface area contributed by atoms with Crippen LogP contribution in [-0.4, -0.2) is 26.0 Å². The molecule has 0 amide bonds. The van der Waals surface area contributed by atoms with E-state index in [1.165, 1.54) is 24.3 Å². The number of sulfonamides is 1. The zero-order valence-electron chi connectivity index (χ0n) is 13.1. The molecule has 2 rings (SSSR count). The summed E-state index contributed by atoms with van der Waals surface area (Å²) >= 11 is 17.5. The van der Waals surface area contributed by atoms with Crippen molar-refractivity contribution in [3.05, 3.63) is 57.3 Å². The van der Waals surface area contributed by atoms with E-state index in [1.54, 1.807) is 0 Å². The molecule has 2 aromatic carbocycles. The van der Waals surface area contributed by atoms with Crippen molar-refractivity contribution in [1.82, 2.24) is 0 Å². The predicted molar refractivity (Wildman–Crippen MR) is 99.3 cm³/mol. The van der Waals surface area contributed by atoms with Gasteiger partial charge in [0, 0.05) is 13.0 Å². The molecule has 0 spiro atoms. The Kier molecular flexibility index (Phi) is 6.74. The number of hydrogen-bond donors (Lipinski definition) is 1. The number of benzene rings is 2. The van der Waals surface area contributed by atoms with Gasteiger partial charge >= 0.3 is 5.97 Å². The summed E-state index contributed by atoms with van der Waals surface area (Å²) in [4.78, 5) is 10.6. The number of halogens is 4. The van der Waals surface area contributed by atoms with Crippen molar-refractivity contribution in [3.63, 3.8) is 0 Å². The Morgan fingerprint density at radius 3 is 2.31 bits per heavy atom. The zero-order valence-corrected chi connectivity index (χ0v) is 16.2. The first-order valence-electron chi connectivity index (χ1n) is 7.27. The van der Waals surface area contributed by atoms with E-state index in [1.807, 2.05) is 0 Å². The van der Waals surface area contributed by atoms with Crippen molar-refractivity contribution < 1.29 is 22.7 Å². The zero-order chi connectivity index (χ0) is 19.5. The van der Waals surface area contributed by atoms with Gasteiger partial charge in [0.1, 0.15) is 5.82 Å². The van der Waals surface area contributed by atoms with Crippen molar-refractivity contribution in [2.75, 3.05) is 10.8 Å². The molecule has 0 bridgehead atoms. The van der Waals surface area contributed by atoms with Gasteiger partial charge in [-0.25, -0.2) is 12.8 Å². The van der Waals surface area contributed by atoms with E-state index >= 15 is 0 Å². The molecule has 140 valence electrons. The number of anilines is 1. The highest BCUT2D eigenvalue weighted by atomic mass is 35.5. The minimum absolute atomic E-state index is 0.0465. The third kappa shape index (κ3) is 4.79. The number of carbonyl (C=O) groups is 1. The lowest BCUT2D eigenvalue weighted by Gasteiger charge is -2.25. The third-order valence-electron chi connectivity index (χ3n) is 3.42. The van der Waals surface area contributed by atoms with Crippen molar-refractivity contribution in [2.45, 2.75) is 17.7 Å². The summed E-state index contributed by atoms with van der Waals surface area (Å²) < 4.78 is 40.4. The first-order chi connectivity index (χ1) is 12.1. The van der Waals surface area contributed by atoms with E-state index < -0.39 is 21.8 Å². The van der Waals surface area contributed by atoms with Gasteiger partial charge in [-0.15, -0.1) is 0 Å². The highest BCUT2D eigenvalue weighted by Crippen LogP contribution is 2.31. The minimum Gasteiger partial charge on any atom is -0.481 e. The topological polar surface area (TPSA) is 74.7 Å². The molecule has 26 heavy (non-hydrogen) atoms. The Morgan fingerprint density at radius 2 is 1.73 bits per heavy atom. The Hall–Kier alpha value is -1.54. The van der Waals surface area contributed by atoms with Gasteiger partial charge in [0.15, 0.2) is 0 Å². The Balaban J connectivity index is 2.48. The maximum absolute atomic E-state index is 13.4. The monoisotopic (exact) mass is 439 g/mol. The average molecular weight is 441 g/mol. The van der Waals surface area contributed by atoms with Gasteiger partial charge in [-0.1, -0.05) is 34.8 Å². The van der Waals surface area contributed by atoms with Crippen LogP contribution in [0.15, 0.2) is 41.3 Å². The van der Waals surface area contributed by atoms with Crippen LogP contribution in [-0.2, 0) is 14.8 Å². The summed E-state index contributed by atoms with van der Waals surface area (Å²) in [5, 5.41) is 8.78. The second-order valence-electron chi connectivity index (χ2n) is 5.25. The number of rotatable bonds is 7. The molecule has 10 heteroatoms. The van der Waals surface area contributed by atoms with Crippen LogP contribution < -0.4 is 4.31 Å². The van der Waals surface area contributed by atoms with Gasteiger partial charge in [-0.05, 0) is 42.8 Å². The van der Waals surface area contributed by atoms with Crippen LogP contribution >= 0.6 is 34.8 Å². The fraction of sp³-hybridized carbons (Fsp3) is 0.188. The second-order valence-corrected chi connectivity index (χ2v) is 8.33. The molecule has 5 nitrogen and oxygen atoms in total. The van der Waals surface area contributed by atoms with Crippen molar-refractivity contribution in [1.29, 1.82) is 0 Å². The van der Waals surface area contributed by atoms with Gasteiger partial charge in [0.2, 0.25) is 0 Å². The number of carboxylic acid groups (broad SMARTS) is 1. The van der Waals surface area contributed by atoms with Crippen LogP contribution in [0.5, 0.6) is 0 Å². The maximum atomic E-state index is 13.4. The van der Waals surface area contributed by atoms with Gasteiger partial charge in [0.25, 0.3) is 10.0 Å². The second kappa shape index (κ2) is 8.43. The largest absolute Gasteiger partial charge is 0.481 e. The highest BCUT2D eigenvalue weighted by Gasteiger charge is 2.26. The third-order valence-corrected chi connectivity index (χ3v) is 6.27. The summed E-state index contributed by atoms with van der Waals surface area (Å²) in [5.41, 5.74) is 0.105. The Bertz CT molecular complexity index is 937. The average Bonchev–Trinajstić information content (AvgIpc) is 2.56. The molecule has 0 saturated heterocycles.